The molecule has 2 amide bonds. The van der Waals surface area contributed by atoms with E-state index in [4.69, 9.17) is 4.42 Å². The van der Waals surface area contributed by atoms with E-state index in [9.17, 15) is 35.9 Å². The quantitative estimate of drug-likeness (QED) is 0.503. The Hall–Kier alpha value is -3.35. The van der Waals surface area contributed by atoms with Crippen LogP contribution in [0.25, 0.3) is 0 Å². The molecule has 0 bridgehead atoms. The van der Waals surface area contributed by atoms with Crippen LogP contribution in [0.2, 0.25) is 0 Å². The number of aromatic nitrogens is 1. The SMILES string of the molecule is O=C(CNC(=O)c1ccco1)Nc1ncc(Cc2cc(C(F)(F)F)cc(C(F)(F)F)c2)s1. The van der Waals surface area contributed by atoms with E-state index in [-0.39, 0.29) is 28.9 Å². The first-order chi connectivity index (χ1) is 14.9. The molecule has 1 aromatic carbocycles. The molecule has 0 saturated carbocycles. The lowest BCUT2D eigenvalue weighted by Gasteiger charge is -2.13. The van der Waals surface area contributed by atoms with Crippen LogP contribution in [0.1, 0.15) is 32.1 Å². The fourth-order valence-electron chi connectivity index (χ4n) is 2.59. The maximum Gasteiger partial charge on any atom is 0.416 e. The zero-order valence-electron chi connectivity index (χ0n) is 15.8. The summed E-state index contributed by atoms with van der Waals surface area (Å²) >= 11 is 0.878. The first kappa shape index (κ1) is 23.3. The second kappa shape index (κ2) is 9.02. The van der Waals surface area contributed by atoms with Gasteiger partial charge in [-0.25, -0.2) is 4.98 Å². The van der Waals surface area contributed by atoms with Gasteiger partial charge in [-0.05, 0) is 35.9 Å². The normalized spacial score (nSPS) is 11.9. The molecule has 0 aliphatic heterocycles. The molecule has 2 heterocycles. The maximum absolute atomic E-state index is 13.0. The molecule has 0 fully saturated rings. The number of thiazole rings is 1. The summed E-state index contributed by atoms with van der Waals surface area (Å²) in [5.41, 5.74) is -3.03. The van der Waals surface area contributed by atoms with E-state index in [2.05, 4.69) is 15.6 Å². The van der Waals surface area contributed by atoms with Crippen LogP contribution in [-0.2, 0) is 23.6 Å². The third kappa shape index (κ3) is 6.09. The van der Waals surface area contributed by atoms with Crippen molar-refractivity contribution in [2.45, 2.75) is 18.8 Å². The minimum absolute atomic E-state index is 0.00801. The third-order valence-corrected chi connectivity index (χ3v) is 4.89. The van der Waals surface area contributed by atoms with Gasteiger partial charge in [0, 0.05) is 17.5 Å². The molecule has 2 N–H and O–H groups in total. The number of carbonyl (C=O) groups is 2. The Bertz CT molecular complexity index is 1070. The average molecular weight is 477 g/mol. The highest BCUT2D eigenvalue weighted by atomic mass is 32.1. The molecular weight excluding hydrogens is 464 g/mol. The molecule has 2 aromatic heterocycles. The minimum atomic E-state index is -4.94. The van der Waals surface area contributed by atoms with Gasteiger partial charge in [0.05, 0.1) is 23.9 Å². The molecular formula is C19H13F6N3O3S. The Morgan fingerprint density at radius 1 is 1.03 bits per heavy atom. The highest BCUT2D eigenvalue weighted by Gasteiger charge is 2.36. The maximum atomic E-state index is 13.0. The number of furan rings is 1. The number of alkyl halides is 6. The topological polar surface area (TPSA) is 84.2 Å². The van der Waals surface area contributed by atoms with Gasteiger partial charge < -0.3 is 15.1 Å². The van der Waals surface area contributed by atoms with Gasteiger partial charge in [0.2, 0.25) is 5.91 Å². The van der Waals surface area contributed by atoms with Gasteiger partial charge >= 0.3 is 12.4 Å². The van der Waals surface area contributed by atoms with E-state index in [0.29, 0.717) is 17.0 Å². The number of amides is 2. The first-order valence-electron chi connectivity index (χ1n) is 8.76. The van der Waals surface area contributed by atoms with Crippen molar-refractivity contribution >= 4 is 28.3 Å². The Kier molecular flexibility index (Phi) is 6.57. The summed E-state index contributed by atoms with van der Waals surface area (Å²) in [5, 5.41) is 4.76. The lowest BCUT2D eigenvalue weighted by atomic mass is 10.0. The second-order valence-corrected chi connectivity index (χ2v) is 7.55. The predicted octanol–water partition coefficient (Wildman–Crippen LogP) is 4.73. The molecule has 3 aromatic rings. The van der Waals surface area contributed by atoms with E-state index in [1.807, 2.05) is 0 Å². The van der Waals surface area contributed by atoms with Gasteiger partial charge in [0.25, 0.3) is 5.91 Å². The minimum Gasteiger partial charge on any atom is -0.459 e. The third-order valence-electron chi connectivity index (χ3n) is 3.98. The molecule has 0 atom stereocenters. The summed E-state index contributed by atoms with van der Waals surface area (Å²) in [7, 11) is 0. The van der Waals surface area contributed by atoms with Crippen molar-refractivity contribution in [2.24, 2.45) is 0 Å². The fourth-order valence-corrected chi connectivity index (χ4v) is 3.45. The van der Waals surface area contributed by atoms with Gasteiger partial charge in [-0.2, -0.15) is 26.3 Å². The summed E-state index contributed by atoms with van der Waals surface area (Å²) in [6.07, 6.45) is -7.62. The van der Waals surface area contributed by atoms with Crippen molar-refractivity contribution in [1.29, 1.82) is 0 Å². The number of hydrogen-bond donors (Lipinski definition) is 2. The zero-order valence-corrected chi connectivity index (χ0v) is 16.6. The molecule has 0 aliphatic rings. The zero-order chi connectivity index (χ0) is 23.5. The second-order valence-electron chi connectivity index (χ2n) is 6.43. The van der Waals surface area contributed by atoms with Gasteiger partial charge in [0.1, 0.15) is 0 Å². The molecule has 0 spiro atoms. The molecule has 3 rings (SSSR count). The van der Waals surface area contributed by atoms with Crippen molar-refractivity contribution in [2.75, 3.05) is 11.9 Å². The van der Waals surface area contributed by atoms with Crippen LogP contribution in [0, 0.1) is 0 Å². The number of nitrogens with one attached hydrogen (secondary N) is 2. The number of rotatable bonds is 6. The summed E-state index contributed by atoms with van der Waals surface area (Å²) in [4.78, 5) is 27.8. The van der Waals surface area contributed by atoms with Crippen LogP contribution >= 0.6 is 11.3 Å². The van der Waals surface area contributed by atoms with Crippen molar-refractivity contribution in [3.05, 3.63) is 70.1 Å². The summed E-state index contributed by atoms with van der Waals surface area (Å²) < 4.78 is 82.8. The van der Waals surface area contributed by atoms with E-state index in [1.165, 1.54) is 24.6 Å². The largest absolute Gasteiger partial charge is 0.459 e. The molecule has 0 radical (unpaired) electrons. The van der Waals surface area contributed by atoms with Crippen molar-refractivity contribution < 1.29 is 40.3 Å². The fraction of sp³-hybridized carbons (Fsp3) is 0.211. The highest BCUT2D eigenvalue weighted by molar-refractivity contribution is 7.15. The van der Waals surface area contributed by atoms with Crippen molar-refractivity contribution in [3.63, 3.8) is 0 Å². The molecule has 170 valence electrons. The van der Waals surface area contributed by atoms with E-state index >= 15 is 0 Å². The van der Waals surface area contributed by atoms with E-state index in [1.54, 1.807) is 0 Å². The summed E-state index contributed by atoms with van der Waals surface area (Å²) in [6, 6.07) is 4.22. The van der Waals surface area contributed by atoms with Crippen LogP contribution < -0.4 is 10.6 Å². The average Bonchev–Trinajstić information content (AvgIpc) is 3.37. The lowest BCUT2D eigenvalue weighted by Crippen LogP contribution is -2.32. The Morgan fingerprint density at radius 2 is 1.69 bits per heavy atom. The number of hydrogen-bond acceptors (Lipinski definition) is 5. The lowest BCUT2D eigenvalue weighted by molar-refractivity contribution is -0.143. The Morgan fingerprint density at radius 3 is 2.25 bits per heavy atom. The smallest absolute Gasteiger partial charge is 0.416 e. The monoisotopic (exact) mass is 477 g/mol. The number of halogens is 6. The molecule has 0 saturated heterocycles. The molecule has 0 aliphatic carbocycles. The van der Waals surface area contributed by atoms with Gasteiger partial charge in [-0.15, -0.1) is 11.3 Å². The Balaban J connectivity index is 1.65. The van der Waals surface area contributed by atoms with Crippen LogP contribution in [0.3, 0.4) is 0 Å². The van der Waals surface area contributed by atoms with Gasteiger partial charge in [0.15, 0.2) is 10.9 Å². The molecule has 13 heteroatoms. The van der Waals surface area contributed by atoms with Crippen LogP contribution in [-0.4, -0.2) is 23.3 Å². The summed E-state index contributed by atoms with van der Waals surface area (Å²) in [6.45, 7) is -0.406. The standard InChI is InChI=1S/C19H13F6N3O3S/c20-18(21,22)11-4-10(5-12(7-11)19(23,24)25)6-13-8-27-17(32-13)28-15(29)9-26-16(30)14-2-1-3-31-14/h1-5,7-8H,6,9H2,(H,26,30)(H,27,28,29). The highest BCUT2D eigenvalue weighted by Crippen LogP contribution is 2.37. The van der Waals surface area contributed by atoms with Crippen LogP contribution in [0.15, 0.2) is 47.2 Å². The number of carbonyl (C=O) groups excluding carboxylic acids is 2. The van der Waals surface area contributed by atoms with Crippen molar-refractivity contribution in [1.82, 2.24) is 10.3 Å². The van der Waals surface area contributed by atoms with Crippen LogP contribution in [0.5, 0.6) is 0 Å². The van der Waals surface area contributed by atoms with Gasteiger partial charge in [-0.1, -0.05) is 0 Å². The molecule has 6 nitrogen and oxygen atoms in total. The Labute approximate surface area is 180 Å². The van der Waals surface area contributed by atoms with E-state index in [0.717, 1.165) is 11.3 Å². The van der Waals surface area contributed by atoms with Gasteiger partial charge in [-0.3, -0.25) is 9.59 Å². The molecule has 32 heavy (non-hydrogen) atoms. The van der Waals surface area contributed by atoms with E-state index < -0.39 is 41.8 Å². The van der Waals surface area contributed by atoms with Crippen molar-refractivity contribution in [3.8, 4) is 0 Å². The molecule has 0 unspecified atom stereocenters. The number of nitrogens with zero attached hydrogens (tertiary/aromatic N) is 1. The summed E-state index contributed by atoms with van der Waals surface area (Å²) in [5.74, 6) is -1.24. The predicted molar refractivity (Wildman–Crippen MR) is 101 cm³/mol. The number of benzene rings is 1. The van der Waals surface area contributed by atoms with Crippen LogP contribution in [0.4, 0.5) is 31.5 Å². The number of anilines is 1. The first-order valence-corrected chi connectivity index (χ1v) is 9.58.